The second-order valence-electron chi connectivity index (χ2n) is 6.09. The van der Waals surface area contributed by atoms with E-state index in [1.54, 1.807) is 0 Å². The molecule has 2 amide bonds. The highest BCUT2D eigenvalue weighted by atomic mass is 16.2. The molecule has 0 saturated carbocycles. The van der Waals surface area contributed by atoms with Gasteiger partial charge in [0.05, 0.1) is 17.6 Å². The van der Waals surface area contributed by atoms with E-state index in [0.29, 0.717) is 0 Å². The minimum atomic E-state index is -0.516. The first kappa shape index (κ1) is 16.3. The highest BCUT2D eigenvalue weighted by Gasteiger charge is 2.27. The Morgan fingerprint density at radius 1 is 1.29 bits per heavy atom. The SMILES string of the molecule is CCn1c(N2CCC(C(=O)NCC(N)=O)CC2)nc2ccccc21. The van der Waals surface area contributed by atoms with Crippen molar-refractivity contribution in [1.82, 2.24) is 14.9 Å². The van der Waals surface area contributed by atoms with Crippen molar-refractivity contribution in [2.45, 2.75) is 26.3 Å². The number of nitrogens with one attached hydrogen (secondary N) is 1. The van der Waals surface area contributed by atoms with E-state index in [9.17, 15) is 9.59 Å². The molecular formula is C17H23N5O2. The van der Waals surface area contributed by atoms with Crippen LogP contribution in [0, 0.1) is 5.92 Å². The molecule has 0 spiro atoms. The number of aromatic nitrogens is 2. The molecule has 3 N–H and O–H groups in total. The molecule has 128 valence electrons. The molecule has 1 aliphatic heterocycles. The summed E-state index contributed by atoms with van der Waals surface area (Å²) in [4.78, 5) is 29.8. The van der Waals surface area contributed by atoms with Gasteiger partial charge in [-0.05, 0) is 31.9 Å². The molecule has 7 nitrogen and oxygen atoms in total. The highest BCUT2D eigenvalue weighted by Crippen LogP contribution is 2.26. The van der Waals surface area contributed by atoms with Gasteiger partial charge in [-0.25, -0.2) is 4.98 Å². The number of aryl methyl sites for hydroxylation is 1. The summed E-state index contributed by atoms with van der Waals surface area (Å²) in [6.07, 6.45) is 1.50. The standard InChI is InChI=1S/C17H23N5O2/c1-2-22-14-6-4-3-5-13(14)20-17(22)21-9-7-12(8-10-21)16(24)19-11-15(18)23/h3-6,12H,2,7-11H2,1H3,(H2,18,23)(H,19,24). The van der Waals surface area contributed by atoms with Gasteiger partial charge in [0.15, 0.2) is 0 Å². The molecule has 0 bridgehead atoms. The van der Waals surface area contributed by atoms with Crippen molar-refractivity contribution < 1.29 is 9.59 Å². The smallest absolute Gasteiger partial charge is 0.236 e. The Hall–Kier alpha value is -2.57. The lowest BCUT2D eigenvalue weighted by molar-refractivity contribution is -0.128. The van der Waals surface area contributed by atoms with Gasteiger partial charge in [0.1, 0.15) is 0 Å². The summed E-state index contributed by atoms with van der Waals surface area (Å²) in [5, 5.41) is 2.60. The molecular weight excluding hydrogens is 306 g/mol. The third-order valence-electron chi connectivity index (χ3n) is 4.54. The number of nitrogens with zero attached hydrogens (tertiary/aromatic N) is 3. The van der Waals surface area contributed by atoms with Gasteiger partial charge >= 0.3 is 0 Å². The number of amides is 2. The minimum absolute atomic E-state index is 0.0694. The van der Waals surface area contributed by atoms with Crippen LogP contribution in [0.4, 0.5) is 5.95 Å². The highest BCUT2D eigenvalue weighted by molar-refractivity contribution is 5.85. The van der Waals surface area contributed by atoms with Crippen LogP contribution in [-0.2, 0) is 16.1 Å². The number of hydrogen-bond acceptors (Lipinski definition) is 4. The molecule has 1 aromatic carbocycles. The summed E-state index contributed by atoms with van der Waals surface area (Å²) in [6, 6.07) is 8.12. The van der Waals surface area contributed by atoms with E-state index >= 15 is 0 Å². The lowest BCUT2D eigenvalue weighted by atomic mass is 9.96. The van der Waals surface area contributed by atoms with Gasteiger partial charge in [-0.15, -0.1) is 0 Å². The summed E-state index contributed by atoms with van der Waals surface area (Å²) in [5.41, 5.74) is 7.20. The average molecular weight is 329 g/mol. The van der Waals surface area contributed by atoms with Crippen LogP contribution in [-0.4, -0.2) is 41.0 Å². The van der Waals surface area contributed by atoms with Crippen molar-refractivity contribution in [3.05, 3.63) is 24.3 Å². The van der Waals surface area contributed by atoms with E-state index in [2.05, 4.69) is 27.8 Å². The van der Waals surface area contributed by atoms with Crippen molar-refractivity contribution >= 4 is 28.8 Å². The third-order valence-corrected chi connectivity index (χ3v) is 4.54. The normalized spacial score (nSPS) is 15.6. The quantitative estimate of drug-likeness (QED) is 0.851. The monoisotopic (exact) mass is 329 g/mol. The molecule has 1 saturated heterocycles. The summed E-state index contributed by atoms with van der Waals surface area (Å²) in [5.74, 6) is 0.296. The Morgan fingerprint density at radius 3 is 2.67 bits per heavy atom. The zero-order valence-electron chi connectivity index (χ0n) is 13.9. The van der Waals surface area contributed by atoms with Crippen LogP contribution in [0.3, 0.4) is 0 Å². The van der Waals surface area contributed by atoms with Gasteiger partial charge in [0, 0.05) is 25.6 Å². The van der Waals surface area contributed by atoms with Gasteiger partial charge in [0.2, 0.25) is 17.8 Å². The van der Waals surface area contributed by atoms with E-state index in [-0.39, 0.29) is 18.4 Å². The Bertz CT molecular complexity index is 747. The second-order valence-corrected chi connectivity index (χ2v) is 6.09. The number of carbonyl (C=O) groups is 2. The van der Waals surface area contributed by atoms with Crippen LogP contribution in [0.5, 0.6) is 0 Å². The molecule has 7 heteroatoms. The molecule has 0 aliphatic carbocycles. The first-order valence-electron chi connectivity index (χ1n) is 8.36. The van der Waals surface area contributed by atoms with Crippen molar-refractivity contribution in [3.63, 3.8) is 0 Å². The first-order valence-corrected chi connectivity index (χ1v) is 8.36. The molecule has 3 rings (SSSR count). The maximum Gasteiger partial charge on any atom is 0.236 e. The number of anilines is 1. The first-order chi connectivity index (χ1) is 11.6. The zero-order chi connectivity index (χ0) is 17.1. The van der Waals surface area contributed by atoms with Crippen molar-refractivity contribution in [2.24, 2.45) is 11.7 Å². The summed E-state index contributed by atoms with van der Waals surface area (Å²) in [7, 11) is 0. The fourth-order valence-corrected chi connectivity index (χ4v) is 3.28. The largest absolute Gasteiger partial charge is 0.368 e. The number of para-hydroxylation sites is 2. The molecule has 2 heterocycles. The second kappa shape index (κ2) is 6.90. The van der Waals surface area contributed by atoms with Crippen molar-refractivity contribution in [3.8, 4) is 0 Å². The number of piperidine rings is 1. The predicted octanol–water partition coefficient (Wildman–Crippen LogP) is 0.874. The lowest BCUT2D eigenvalue weighted by Gasteiger charge is -2.32. The summed E-state index contributed by atoms with van der Waals surface area (Å²) >= 11 is 0. The maximum absolute atomic E-state index is 12.1. The molecule has 0 atom stereocenters. The van der Waals surface area contributed by atoms with Gasteiger partial charge in [-0.3, -0.25) is 9.59 Å². The van der Waals surface area contributed by atoms with E-state index in [1.807, 2.05) is 18.2 Å². The molecule has 2 aromatic rings. The van der Waals surface area contributed by atoms with Gasteiger partial charge in [0.25, 0.3) is 0 Å². The van der Waals surface area contributed by atoms with Gasteiger partial charge in [-0.1, -0.05) is 12.1 Å². The number of rotatable bonds is 5. The number of hydrogen-bond donors (Lipinski definition) is 2. The summed E-state index contributed by atoms with van der Waals surface area (Å²) in [6.45, 7) is 4.43. The molecule has 0 radical (unpaired) electrons. The predicted molar refractivity (Wildman–Crippen MR) is 92.5 cm³/mol. The molecule has 0 unspecified atom stereocenters. The van der Waals surface area contributed by atoms with Crippen LogP contribution < -0.4 is 16.0 Å². The molecule has 1 aliphatic rings. The molecule has 1 aromatic heterocycles. The number of imidazole rings is 1. The van der Waals surface area contributed by atoms with Gasteiger partial charge in [-0.2, -0.15) is 0 Å². The fourth-order valence-electron chi connectivity index (χ4n) is 3.28. The number of benzene rings is 1. The number of nitrogens with two attached hydrogens (primary N) is 1. The van der Waals surface area contributed by atoms with Crippen LogP contribution in [0.1, 0.15) is 19.8 Å². The van der Waals surface area contributed by atoms with Crippen molar-refractivity contribution in [1.29, 1.82) is 0 Å². The van der Waals surface area contributed by atoms with Gasteiger partial charge < -0.3 is 20.5 Å². The number of primary amides is 1. The van der Waals surface area contributed by atoms with E-state index < -0.39 is 5.91 Å². The number of carbonyl (C=O) groups excluding carboxylic acids is 2. The minimum Gasteiger partial charge on any atom is -0.368 e. The van der Waals surface area contributed by atoms with Crippen LogP contribution in [0.25, 0.3) is 11.0 Å². The van der Waals surface area contributed by atoms with Crippen LogP contribution in [0.2, 0.25) is 0 Å². The third kappa shape index (κ3) is 3.20. The molecule has 24 heavy (non-hydrogen) atoms. The van der Waals surface area contributed by atoms with Crippen LogP contribution >= 0.6 is 0 Å². The average Bonchev–Trinajstić information content (AvgIpc) is 2.98. The van der Waals surface area contributed by atoms with Crippen LogP contribution in [0.15, 0.2) is 24.3 Å². The Morgan fingerprint density at radius 2 is 2.00 bits per heavy atom. The molecule has 1 fully saturated rings. The number of fused-ring (bicyclic) bond motifs is 1. The topological polar surface area (TPSA) is 93.3 Å². The van der Waals surface area contributed by atoms with E-state index in [0.717, 1.165) is 49.5 Å². The Labute approximate surface area is 140 Å². The fraction of sp³-hybridized carbons (Fsp3) is 0.471. The van der Waals surface area contributed by atoms with E-state index in [1.165, 1.54) is 0 Å². The Kier molecular flexibility index (Phi) is 4.69. The lowest BCUT2D eigenvalue weighted by Crippen LogP contribution is -2.43. The summed E-state index contributed by atoms with van der Waals surface area (Å²) < 4.78 is 2.21. The zero-order valence-corrected chi connectivity index (χ0v) is 13.9. The maximum atomic E-state index is 12.1. The Balaban J connectivity index is 1.69. The van der Waals surface area contributed by atoms with Crippen molar-refractivity contribution in [2.75, 3.05) is 24.5 Å². The van der Waals surface area contributed by atoms with E-state index in [4.69, 9.17) is 10.7 Å².